The van der Waals surface area contributed by atoms with E-state index >= 15 is 0 Å². The molecule has 0 N–H and O–H groups in total. The molecule has 13 aromatic rings. The molecule has 0 saturated heterocycles. The second-order valence-corrected chi connectivity index (χ2v) is 16.1. The highest BCUT2D eigenvalue weighted by Gasteiger charge is 2.22. The molecule has 4 aromatic heterocycles. The molecule has 0 saturated carbocycles. The Kier molecular flexibility index (Phi) is 6.82. The lowest BCUT2D eigenvalue weighted by atomic mass is 9.92. The fourth-order valence-electron chi connectivity index (χ4n) is 9.11. The predicted octanol–water partition coefficient (Wildman–Crippen LogP) is 15.0. The quantitative estimate of drug-likeness (QED) is 0.178. The molecule has 0 amide bonds. The van der Waals surface area contributed by atoms with Crippen molar-refractivity contribution in [2.75, 3.05) is 0 Å². The van der Waals surface area contributed by atoms with Crippen molar-refractivity contribution >= 4 is 96.9 Å². The average Bonchev–Trinajstić information content (AvgIpc) is 4.00. The lowest BCUT2D eigenvalue weighted by molar-refractivity contribution is 0.669. The van der Waals surface area contributed by atoms with Crippen molar-refractivity contribution in [1.29, 1.82) is 0 Å². The molecule has 4 heterocycles. The van der Waals surface area contributed by atoms with E-state index in [1.165, 1.54) is 31.8 Å². The molecule has 0 spiro atoms. The molecule has 5 nitrogen and oxygen atoms in total. The number of rotatable bonds is 4. The molecule has 0 aliphatic heterocycles. The van der Waals surface area contributed by atoms with Gasteiger partial charge in [-0.3, -0.25) is 0 Å². The fourth-order valence-corrected chi connectivity index (χ4v) is 10.3. The van der Waals surface area contributed by atoms with Crippen LogP contribution in [-0.4, -0.2) is 15.0 Å². The van der Waals surface area contributed by atoms with Crippen molar-refractivity contribution in [3.05, 3.63) is 176 Å². The summed E-state index contributed by atoms with van der Waals surface area (Å²) in [7, 11) is 0. The van der Waals surface area contributed by atoms with Gasteiger partial charge in [0.25, 0.3) is 0 Å². The van der Waals surface area contributed by atoms with Gasteiger partial charge in [0.1, 0.15) is 16.7 Å². The smallest absolute Gasteiger partial charge is 0.167 e. The molecule has 0 radical (unpaired) electrons. The van der Waals surface area contributed by atoms with Gasteiger partial charge in [0.05, 0.1) is 10.3 Å². The molecule has 6 heteroatoms. The summed E-state index contributed by atoms with van der Waals surface area (Å²) < 4.78 is 15.7. The van der Waals surface area contributed by atoms with E-state index < -0.39 is 0 Å². The first kappa shape index (κ1) is 32.4. The van der Waals surface area contributed by atoms with Crippen molar-refractivity contribution in [3.8, 4) is 45.3 Å². The number of para-hydroxylation sites is 2. The normalized spacial score (nSPS) is 12.1. The van der Waals surface area contributed by atoms with Crippen LogP contribution in [0.25, 0.3) is 131 Å². The van der Waals surface area contributed by atoms with Gasteiger partial charge < -0.3 is 8.83 Å². The van der Waals surface area contributed by atoms with E-state index in [9.17, 15) is 0 Å². The van der Waals surface area contributed by atoms with Crippen molar-refractivity contribution < 1.29 is 8.83 Å². The number of hydrogen-bond acceptors (Lipinski definition) is 6. The van der Waals surface area contributed by atoms with Gasteiger partial charge in [-0.25, -0.2) is 15.0 Å². The minimum Gasteiger partial charge on any atom is -0.456 e. The standard InChI is InChI=1S/C53H29N3O2S/c1-2-14-31-30(12-1)13-7-17-32(31)33-18-8-20-35-34(33)19-9-22-40(35)51-54-52(42-23-11-26-45-47(42)41-16-3-5-25-44(41)57-45)56-53(55-51)43-24-10-21-37-38-28-29-39-36-15-4-6-27-46(36)59-50(39)49(38)58-48(37)43/h1-29H. The number of hydrogen-bond donors (Lipinski definition) is 0. The van der Waals surface area contributed by atoms with Gasteiger partial charge in [-0.05, 0) is 63.0 Å². The summed E-state index contributed by atoms with van der Waals surface area (Å²) in [4.78, 5) is 16.0. The molecule has 0 bridgehead atoms. The van der Waals surface area contributed by atoms with Gasteiger partial charge >= 0.3 is 0 Å². The Labute approximate surface area is 340 Å². The number of nitrogens with zero attached hydrogens (tertiary/aromatic N) is 3. The Hall–Kier alpha value is -7.67. The van der Waals surface area contributed by atoms with Crippen molar-refractivity contribution in [1.82, 2.24) is 15.0 Å². The molecule has 59 heavy (non-hydrogen) atoms. The highest BCUT2D eigenvalue weighted by molar-refractivity contribution is 7.26. The van der Waals surface area contributed by atoms with Crippen LogP contribution in [0.2, 0.25) is 0 Å². The third kappa shape index (κ3) is 4.81. The first-order valence-corrected chi connectivity index (χ1v) is 20.5. The van der Waals surface area contributed by atoms with E-state index in [-0.39, 0.29) is 0 Å². The van der Waals surface area contributed by atoms with Crippen LogP contribution in [0.1, 0.15) is 0 Å². The zero-order valence-corrected chi connectivity index (χ0v) is 32.1. The van der Waals surface area contributed by atoms with Gasteiger partial charge in [0, 0.05) is 48.1 Å². The van der Waals surface area contributed by atoms with E-state index in [0.717, 1.165) is 81.6 Å². The fraction of sp³-hybridized carbons (Fsp3) is 0. The van der Waals surface area contributed by atoms with Crippen LogP contribution < -0.4 is 0 Å². The summed E-state index contributed by atoms with van der Waals surface area (Å²) in [5.74, 6) is 1.68. The molecule has 9 aromatic carbocycles. The Morgan fingerprint density at radius 1 is 0.322 bits per heavy atom. The van der Waals surface area contributed by atoms with Crippen LogP contribution in [0.3, 0.4) is 0 Å². The Morgan fingerprint density at radius 3 is 1.71 bits per heavy atom. The van der Waals surface area contributed by atoms with Gasteiger partial charge in [-0.1, -0.05) is 146 Å². The first-order valence-electron chi connectivity index (χ1n) is 19.7. The number of thiophene rings is 1. The van der Waals surface area contributed by atoms with Crippen molar-refractivity contribution in [3.63, 3.8) is 0 Å². The SMILES string of the molecule is c1ccc2c(-c3cccc4c(-c5nc(-c6cccc7c6oc6c7ccc7c8ccccc8sc76)nc(-c6cccc7oc8ccccc8c67)n5)cccc34)cccc2c1. The molecular weight excluding hydrogens is 743 g/mol. The summed E-state index contributed by atoms with van der Waals surface area (Å²) in [5.41, 5.74) is 8.17. The highest BCUT2D eigenvalue weighted by Crippen LogP contribution is 2.45. The van der Waals surface area contributed by atoms with Crippen LogP contribution in [0.5, 0.6) is 0 Å². The van der Waals surface area contributed by atoms with Gasteiger partial charge in [-0.15, -0.1) is 11.3 Å². The Morgan fingerprint density at radius 2 is 0.847 bits per heavy atom. The second kappa shape index (κ2) is 12.4. The van der Waals surface area contributed by atoms with Gasteiger partial charge in [0.15, 0.2) is 23.1 Å². The minimum absolute atomic E-state index is 0.536. The van der Waals surface area contributed by atoms with Crippen LogP contribution in [-0.2, 0) is 0 Å². The predicted molar refractivity (Wildman–Crippen MR) is 244 cm³/mol. The minimum atomic E-state index is 0.536. The van der Waals surface area contributed by atoms with Crippen LogP contribution in [0.4, 0.5) is 0 Å². The molecule has 0 atom stereocenters. The first-order chi connectivity index (χ1) is 29.2. The van der Waals surface area contributed by atoms with Crippen molar-refractivity contribution in [2.45, 2.75) is 0 Å². The van der Waals surface area contributed by atoms with Crippen molar-refractivity contribution in [2.24, 2.45) is 0 Å². The average molecular weight is 772 g/mol. The number of fused-ring (bicyclic) bond motifs is 12. The molecular formula is C53H29N3O2S. The highest BCUT2D eigenvalue weighted by atomic mass is 32.1. The summed E-state index contributed by atoms with van der Waals surface area (Å²) >= 11 is 1.77. The largest absolute Gasteiger partial charge is 0.456 e. The van der Waals surface area contributed by atoms with Gasteiger partial charge in [-0.2, -0.15) is 0 Å². The maximum atomic E-state index is 6.95. The summed E-state index contributed by atoms with van der Waals surface area (Å²) in [5, 5.41) is 11.1. The van der Waals surface area contributed by atoms with E-state index in [4.69, 9.17) is 23.8 Å². The number of benzene rings is 9. The molecule has 0 fully saturated rings. The zero-order valence-electron chi connectivity index (χ0n) is 31.3. The molecule has 0 unspecified atom stereocenters. The molecule has 274 valence electrons. The van der Waals surface area contributed by atoms with Crippen LogP contribution in [0.15, 0.2) is 185 Å². The Bertz CT molecular complexity index is 3870. The maximum Gasteiger partial charge on any atom is 0.167 e. The summed E-state index contributed by atoms with van der Waals surface area (Å²) in [6.07, 6.45) is 0. The topological polar surface area (TPSA) is 65.0 Å². The molecule has 0 aliphatic rings. The number of furan rings is 2. The third-order valence-electron chi connectivity index (χ3n) is 11.8. The number of aromatic nitrogens is 3. The third-order valence-corrected chi connectivity index (χ3v) is 13.0. The van der Waals surface area contributed by atoms with Gasteiger partial charge in [0.2, 0.25) is 0 Å². The maximum absolute atomic E-state index is 6.95. The summed E-state index contributed by atoms with van der Waals surface area (Å²) in [6, 6.07) is 61.4. The van der Waals surface area contributed by atoms with E-state index in [0.29, 0.717) is 17.5 Å². The lowest BCUT2D eigenvalue weighted by Gasteiger charge is -2.14. The van der Waals surface area contributed by atoms with E-state index in [1.54, 1.807) is 11.3 Å². The Balaban J connectivity index is 1.09. The van der Waals surface area contributed by atoms with Crippen LogP contribution in [0, 0.1) is 0 Å². The lowest BCUT2D eigenvalue weighted by Crippen LogP contribution is -2.01. The van der Waals surface area contributed by atoms with E-state index in [1.807, 2.05) is 30.3 Å². The summed E-state index contributed by atoms with van der Waals surface area (Å²) in [6.45, 7) is 0. The van der Waals surface area contributed by atoms with E-state index in [2.05, 4.69) is 146 Å². The second-order valence-electron chi connectivity index (χ2n) is 15.0. The zero-order chi connectivity index (χ0) is 38.6. The van der Waals surface area contributed by atoms with Crippen LogP contribution >= 0.6 is 11.3 Å². The molecule has 13 rings (SSSR count). The monoisotopic (exact) mass is 771 g/mol. The molecule has 0 aliphatic carbocycles.